The highest BCUT2D eigenvalue weighted by Gasteiger charge is 2.37. The number of hydrogen-bond donors (Lipinski definition) is 3. The molecule has 3 aromatic carbocycles. The lowest BCUT2D eigenvalue weighted by Crippen LogP contribution is -2.54. The Bertz CT molecular complexity index is 1570. The molecule has 260 valence electrons. The number of amides is 2. The van der Waals surface area contributed by atoms with Gasteiger partial charge in [-0.05, 0) is 64.1 Å². The highest BCUT2D eigenvalue weighted by Crippen LogP contribution is 2.43. The molecule has 0 heterocycles. The number of carbonyl (C=O) groups is 3. The summed E-state index contributed by atoms with van der Waals surface area (Å²) in [6, 6.07) is 17.5. The van der Waals surface area contributed by atoms with Gasteiger partial charge in [0, 0.05) is 12.7 Å². The fraction of sp³-hybridized carbons (Fsp3) is 0.475. The summed E-state index contributed by atoms with van der Waals surface area (Å²) in [5.74, 6) is -1.87. The Morgan fingerprint density at radius 3 is 2.04 bits per heavy atom. The number of rotatable bonds is 14. The molecule has 48 heavy (non-hydrogen) atoms. The van der Waals surface area contributed by atoms with Crippen molar-refractivity contribution >= 4 is 17.8 Å². The van der Waals surface area contributed by atoms with Crippen molar-refractivity contribution in [1.29, 1.82) is 0 Å². The van der Waals surface area contributed by atoms with E-state index in [4.69, 9.17) is 9.47 Å². The Labute approximate surface area is 286 Å². The van der Waals surface area contributed by atoms with Gasteiger partial charge in [0.25, 0.3) is 5.91 Å². The van der Waals surface area contributed by atoms with Gasteiger partial charge in [-0.25, -0.2) is 0 Å². The molecule has 0 radical (unpaired) electrons. The number of carboxylic acids is 1. The first-order valence-corrected chi connectivity index (χ1v) is 16.8. The number of nitrogens with one attached hydrogen (secondary N) is 2. The first-order valence-electron chi connectivity index (χ1n) is 16.8. The fourth-order valence-corrected chi connectivity index (χ4v) is 6.51. The predicted molar refractivity (Wildman–Crippen MR) is 192 cm³/mol. The first-order chi connectivity index (χ1) is 22.6. The molecule has 3 N–H and O–H groups in total. The van der Waals surface area contributed by atoms with E-state index in [2.05, 4.69) is 10.6 Å². The van der Waals surface area contributed by atoms with E-state index < -0.39 is 40.7 Å². The van der Waals surface area contributed by atoms with Crippen molar-refractivity contribution in [3.63, 3.8) is 0 Å². The van der Waals surface area contributed by atoms with Gasteiger partial charge >= 0.3 is 5.97 Å². The van der Waals surface area contributed by atoms with Crippen LogP contribution in [0.5, 0.6) is 5.75 Å². The van der Waals surface area contributed by atoms with Gasteiger partial charge in [-0.1, -0.05) is 110 Å². The van der Waals surface area contributed by atoms with Gasteiger partial charge in [0.1, 0.15) is 11.8 Å². The van der Waals surface area contributed by atoms with Crippen LogP contribution in [0.15, 0.2) is 60.7 Å². The van der Waals surface area contributed by atoms with E-state index in [0.29, 0.717) is 40.0 Å². The van der Waals surface area contributed by atoms with Crippen molar-refractivity contribution in [2.45, 2.75) is 98.1 Å². The number of carbonyl (C=O) groups excluding carboxylic acids is 2. The van der Waals surface area contributed by atoms with Crippen LogP contribution in [0.1, 0.15) is 112 Å². The maximum absolute atomic E-state index is 14.7. The summed E-state index contributed by atoms with van der Waals surface area (Å²) < 4.78 is 11.2. The van der Waals surface area contributed by atoms with E-state index in [9.17, 15) is 19.5 Å². The zero-order valence-electron chi connectivity index (χ0n) is 30.3. The molecule has 3 aromatic rings. The third kappa shape index (κ3) is 9.04. The lowest BCUT2D eigenvalue weighted by molar-refractivity contribution is -0.139. The lowest BCUT2D eigenvalue weighted by Gasteiger charge is -2.34. The van der Waals surface area contributed by atoms with Gasteiger partial charge in [0.2, 0.25) is 5.91 Å². The number of hydrogen-bond acceptors (Lipinski definition) is 5. The van der Waals surface area contributed by atoms with Crippen molar-refractivity contribution in [3.8, 4) is 16.9 Å². The number of ether oxygens (including phenoxy) is 2. The third-order valence-corrected chi connectivity index (χ3v) is 8.76. The van der Waals surface area contributed by atoms with Crippen molar-refractivity contribution in [2.24, 2.45) is 5.41 Å². The third-order valence-electron chi connectivity index (χ3n) is 8.76. The zero-order chi connectivity index (χ0) is 35.8. The van der Waals surface area contributed by atoms with E-state index in [1.165, 1.54) is 0 Å². The van der Waals surface area contributed by atoms with Crippen molar-refractivity contribution in [3.05, 3.63) is 88.5 Å². The largest absolute Gasteiger partial charge is 0.496 e. The van der Waals surface area contributed by atoms with Crippen LogP contribution in [0.2, 0.25) is 0 Å². The highest BCUT2D eigenvalue weighted by molar-refractivity contribution is 6.05. The first kappa shape index (κ1) is 38.3. The molecule has 0 aliphatic rings. The summed E-state index contributed by atoms with van der Waals surface area (Å²) in [5, 5.41) is 16.7. The average molecular weight is 659 g/mol. The standard InChI is InChI=1S/C40H54N2O6/c1-11-12-20-28(38(45)46)30-23-29(27-21-16-17-22-32(27)48-10)33(25(2)34(30)39(3,4)5)36(43)42-35(40(6,7)8)37(44)41-31(24-47-9)26-18-14-13-15-19-26/h13-19,21-23,28,31,35H,11-12,20,24H2,1-10H3,(H,41,44)(H,42,43)(H,45,46)/t28?,31-,35-/m1/s1. The Morgan fingerprint density at radius 2 is 1.50 bits per heavy atom. The fourth-order valence-electron chi connectivity index (χ4n) is 6.51. The topological polar surface area (TPSA) is 114 Å². The number of benzene rings is 3. The predicted octanol–water partition coefficient (Wildman–Crippen LogP) is 7.97. The van der Waals surface area contributed by atoms with Crippen LogP contribution in [0.3, 0.4) is 0 Å². The molecule has 1 unspecified atom stereocenters. The summed E-state index contributed by atoms with van der Waals surface area (Å²) in [5.41, 5.74) is 3.53. The molecular formula is C40H54N2O6. The lowest BCUT2D eigenvalue weighted by atomic mass is 9.73. The van der Waals surface area contributed by atoms with E-state index >= 15 is 0 Å². The molecule has 0 saturated carbocycles. The Balaban J connectivity index is 2.26. The smallest absolute Gasteiger partial charge is 0.310 e. The molecule has 8 nitrogen and oxygen atoms in total. The van der Waals surface area contributed by atoms with Crippen molar-refractivity contribution < 1.29 is 29.0 Å². The maximum atomic E-state index is 14.7. The molecular weight excluding hydrogens is 604 g/mol. The quantitative estimate of drug-likeness (QED) is 0.162. The molecule has 0 fully saturated rings. The molecule has 0 aliphatic heterocycles. The van der Waals surface area contributed by atoms with E-state index in [0.717, 1.165) is 24.0 Å². The van der Waals surface area contributed by atoms with Crippen LogP contribution in [-0.2, 0) is 19.7 Å². The van der Waals surface area contributed by atoms with Crippen LogP contribution in [0.4, 0.5) is 0 Å². The average Bonchev–Trinajstić information content (AvgIpc) is 3.02. The number of methoxy groups -OCH3 is 2. The molecule has 0 aliphatic carbocycles. The van der Waals surface area contributed by atoms with Crippen LogP contribution in [0, 0.1) is 12.3 Å². The summed E-state index contributed by atoms with van der Waals surface area (Å²) in [6.07, 6.45) is 2.09. The minimum absolute atomic E-state index is 0.261. The summed E-state index contributed by atoms with van der Waals surface area (Å²) >= 11 is 0. The maximum Gasteiger partial charge on any atom is 0.310 e. The van der Waals surface area contributed by atoms with E-state index in [1.807, 2.05) is 116 Å². The Morgan fingerprint density at radius 1 is 0.875 bits per heavy atom. The van der Waals surface area contributed by atoms with Gasteiger partial charge in [0.15, 0.2) is 0 Å². The highest BCUT2D eigenvalue weighted by atomic mass is 16.5. The monoisotopic (exact) mass is 658 g/mol. The van der Waals surface area contributed by atoms with Crippen LogP contribution in [0.25, 0.3) is 11.1 Å². The van der Waals surface area contributed by atoms with Crippen LogP contribution in [-0.4, -0.2) is 49.8 Å². The van der Waals surface area contributed by atoms with Gasteiger partial charge in [-0.2, -0.15) is 0 Å². The number of unbranched alkanes of at least 4 members (excludes halogenated alkanes) is 1. The Hall–Kier alpha value is -4.17. The zero-order valence-corrected chi connectivity index (χ0v) is 30.3. The summed E-state index contributed by atoms with van der Waals surface area (Å²) in [4.78, 5) is 41.5. The molecule has 3 rings (SSSR count). The second kappa shape index (κ2) is 16.3. The van der Waals surface area contributed by atoms with Gasteiger partial charge < -0.3 is 25.2 Å². The van der Waals surface area contributed by atoms with Crippen molar-refractivity contribution in [1.82, 2.24) is 10.6 Å². The molecule has 0 spiro atoms. The SMILES string of the molecule is CCCCC(C(=O)O)c1cc(-c2ccccc2OC)c(C(=O)N[C@H](C(=O)N[C@H](COC)c2ccccc2)C(C)(C)C)c(C)c1C(C)(C)C. The minimum atomic E-state index is -0.910. The summed E-state index contributed by atoms with van der Waals surface area (Å²) in [7, 11) is 3.15. The van der Waals surface area contributed by atoms with Crippen LogP contribution >= 0.6 is 0 Å². The van der Waals surface area contributed by atoms with Crippen molar-refractivity contribution in [2.75, 3.05) is 20.8 Å². The molecule has 2 amide bonds. The normalized spacial score (nSPS) is 13.7. The molecule has 0 bridgehead atoms. The number of para-hydroxylation sites is 1. The van der Waals surface area contributed by atoms with E-state index in [1.54, 1.807) is 14.2 Å². The molecule has 8 heteroatoms. The second-order valence-electron chi connectivity index (χ2n) is 14.6. The molecule has 0 saturated heterocycles. The molecule has 0 aromatic heterocycles. The molecule has 3 atom stereocenters. The number of aliphatic carboxylic acids is 1. The van der Waals surface area contributed by atoms with Gasteiger partial charge in [-0.15, -0.1) is 0 Å². The minimum Gasteiger partial charge on any atom is -0.496 e. The van der Waals surface area contributed by atoms with Crippen LogP contribution < -0.4 is 15.4 Å². The Kier molecular flexibility index (Phi) is 13.0. The van der Waals surface area contributed by atoms with E-state index in [-0.39, 0.29) is 12.5 Å². The second-order valence-corrected chi connectivity index (χ2v) is 14.6. The summed E-state index contributed by atoms with van der Waals surface area (Å²) in [6.45, 7) is 16.0. The van der Waals surface area contributed by atoms with Gasteiger partial charge in [0.05, 0.1) is 31.2 Å². The number of carboxylic acid groups (broad SMARTS) is 1. The van der Waals surface area contributed by atoms with Gasteiger partial charge in [-0.3, -0.25) is 14.4 Å².